The molecule has 3 N–H and O–H groups in total. The summed E-state index contributed by atoms with van der Waals surface area (Å²) >= 11 is 5.74. The molecule has 0 spiro atoms. The quantitative estimate of drug-likeness (QED) is 0.327. The average Bonchev–Trinajstić information content (AvgIpc) is 2.47. The first-order valence-electron chi connectivity index (χ1n) is 6.82. The molecule has 1 aromatic heterocycles. The van der Waals surface area contributed by atoms with E-state index in [1.54, 1.807) is 12.3 Å². The molecule has 0 bridgehead atoms. The number of pyridine rings is 1. The molecule has 0 aliphatic rings. The Labute approximate surface area is 153 Å². The highest BCUT2D eigenvalue weighted by atomic mass is 127. The van der Waals surface area contributed by atoms with Crippen molar-refractivity contribution in [1.29, 1.82) is 0 Å². The van der Waals surface area contributed by atoms with Gasteiger partial charge in [0.15, 0.2) is 5.96 Å². The number of hydrogen-bond donors (Lipinski definition) is 2. The lowest BCUT2D eigenvalue weighted by molar-refractivity contribution is 0.867. The van der Waals surface area contributed by atoms with Gasteiger partial charge in [0.25, 0.3) is 0 Å². The second-order valence-corrected chi connectivity index (χ2v) is 5.48. The van der Waals surface area contributed by atoms with E-state index in [2.05, 4.69) is 41.3 Å². The summed E-state index contributed by atoms with van der Waals surface area (Å²) in [6.45, 7) is 4.78. The van der Waals surface area contributed by atoms with Gasteiger partial charge in [0.2, 0.25) is 0 Å². The molecule has 0 saturated carbocycles. The van der Waals surface area contributed by atoms with E-state index in [1.807, 2.05) is 18.2 Å². The van der Waals surface area contributed by atoms with E-state index in [1.165, 1.54) is 5.56 Å². The largest absolute Gasteiger partial charge is 0.370 e. The van der Waals surface area contributed by atoms with Crippen molar-refractivity contribution in [1.82, 2.24) is 4.98 Å². The lowest BCUT2D eigenvalue weighted by atomic mass is 10.0. The lowest BCUT2D eigenvalue weighted by Crippen LogP contribution is -2.22. The normalized spacial score (nSPS) is 11.2. The zero-order valence-corrected chi connectivity index (χ0v) is 15.7. The van der Waals surface area contributed by atoms with E-state index in [0.717, 1.165) is 11.3 Å². The van der Waals surface area contributed by atoms with Crippen molar-refractivity contribution in [2.24, 2.45) is 10.7 Å². The molecule has 2 rings (SSSR count). The van der Waals surface area contributed by atoms with Crippen molar-refractivity contribution in [2.45, 2.75) is 26.3 Å². The summed E-state index contributed by atoms with van der Waals surface area (Å²) in [7, 11) is 0. The highest BCUT2D eigenvalue weighted by molar-refractivity contribution is 14.0. The van der Waals surface area contributed by atoms with Crippen molar-refractivity contribution < 1.29 is 0 Å². The molecule has 0 radical (unpaired) electrons. The summed E-state index contributed by atoms with van der Waals surface area (Å²) in [4.78, 5) is 8.30. The van der Waals surface area contributed by atoms with Crippen LogP contribution in [0.5, 0.6) is 0 Å². The fourth-order valence-corrected chi connectivity index (χ4v) is 1.95. The number of halogens is 2. The molecule has 0 atom stereocenters. The summed E-state index contributed by atoms with van der Waals surface area (Å²) in [5.41, 5.74) is 9.06. The van der Waals surface area contributed by atoms with Gasteiger partial charge in [-0.15, -0.1) is 24.0 Å². The molecule has 118 valence electrons. The Balaban J connectivity index is 0.00000242. The van der Waals surface area contributed by atoms with Crippen molar-refractivity contribution in [3.8, 4) is 0 Å². The van der Waals surface area contributed by atoms with Crippen LogP contribution in [0.1, 0.15) is 30.9 Å². The van der Waals surface area contributed by atoms with E-state index < -0.39 is 0 Å². The maximum atomic E-state index is 5.90. The van der Waals surface area contributed by atoms with Crippen LogP contribution in [-0.2, 0) is 6.54 Å². The van der Waals surface area contributed by atoms with Crippen LogP contribution in [0.4, 0.5) is 5.69 Å². The van der Waals surface area contributed by atoms with Crippen molar-refractivity contribution in [2.75, 3.05) is 5.32 Å². The first-order chi connectivity index (χ1) is 10.0. The number of hydrogen-bond acceptors (Lipinski definition) is 2. The average molecular weight is 431 g/mol. The highest BCUT2D eigenvalue weighted by Gasteiger charge is 2.01. The molecule has 22 heavy (non-hydrogen) atoms. The van der Waals surface area contributed by atoms with Crippen LogP contribution in [0.2, 0.25) is 5.15 Å². The number of guanidine groups is 1. The van der Waals surface area contributed by atoms with Crippen LogP contribution < -0.4 is 11.1 Å². The Morgan fingerprint density at radius 1 is 1.32 bits per heavy atom. The third kappa shape index (κ3) is 5.81. The maximum absolute atomic E-state index is 5.90. The summed E-state index contributed by atoms with van der Waals surface area (Å²) < 4.78 is 0. The summed E-state index contributed by atoms with van der Waals surface area (Å²) in [5.74, 6) is 0.857. The number of nitrogens with one attached hydrogen (secondary N) is 1. The Bertz CT molecular complexity index is 626. The second-order valence-electron chi connectivity index (χ2n) is 5.10. The van der Waals surface area contributed by atoms with Crippen LogP contribution in [0.15, 0.2) is 47.6 Å². The predicted molar refractivity (Wildman–Crippen MR) is 104 cm³/mol. The van der Waals surface area contributed by atoms with E-state index in [0.29, 0.717) is 23.6 Å². The van der Waals surface area contributed by atoms with Gasteiger partial charge in [-0.1, -0.05) is 43.6 Å². The molecule has 2 aromatic rings. The molecule has 0 aliphatic carbocycles. The zero-order valence-electron chi connectivity index (χ0n) is 12.6. The number of rotatable bonds is 4. The van der Waals surface area contributed by atoms with E-state index in [9.17, 15) is 0 Å². The van der Waals surface area contributed by atoms with Crippen LogP contribution in [0, 0.1) is 0 Å². The SMILES string of the molecule is CC(C)c1cccc(NC(N)=NCc2ccc(Cl)nc2)c1.I. The summed E-state index contributed by atoms with van der Waals surface area (Å²) in [6.07, 6.45) is 1.69. The Hall–Kier alpha value is -1.34. The van der Waals surface area contributed by atoms with Gasteiger partial charge in [0.1, 0.15) is 5.15 Å². The van der Waals surface area contributed by atoms with Crippen molar-refractivity contribution in [3.63, 3.8) is 0 Å². The smallest absolute Gasteiger partial charge is 0.193 e. The molecule has 6 heteroatoms. The Kier molecular flexibility index (Phi) is 7.61. The van der Waals surface area contributed by atoms with E-state index in [4.69, 9.17) is 17.3 Å². The van der Waals surface area contributed by atoms with Crippen LogP contribution in [0.3, 0.4) is 0 Å². The number of aromatic nitrogens is 1. The van der Waals surface area contributed by atoms with Gasteiger partial charge in [-0.3, -0.25) is 0 Å². The number of nitrogens with zero attached hydrogens (tertiary/aromatic N) is 2. The third-order valence-electron chi connectivity index (χ3n) is 3.05. The molecule has 1 heterocycles. The third-order valence-corrected chi connectivity index (χ3v) is 3.27. The van der Waals surface area contributed by atoms with Gasteiger partial charge in [0, 0.05) is 11.9 Å². The van der Waals surface area contributed by atoms with E-state index >= 15 is 0 Å². The topological polar surface area (TPSA) is 63.3 Å². The highest BCUT2D eigenvalue weighted by Crippen LogP contribution is 2.18. The maximum Gasteiger partial charge on any atom is 0.193 e. The number of anilines is 1. The van der Waals surface area contributed by atoms with Gasteiger partial charge in [0.05, 0.1) is 6.54 Å². The zero-order chi connectivity index (χ0) is 15.2. The van der Waals surface area contributed by atoms with Gasteiger partial charge in [-0.2, -0.15) is 0 Å². The molecule has 1 aromatic carbocycles. The van der Waals surface area contributed by atoms with Crippen LogP contribution >= 0.6 is 35.6 Å². The number of aliphatic imine (C=N–C) groups is 1. The monoisotopic (exact) mass is 430 g/mol. The fourth-order valence-electron chi connectivity index (χ4n) is 1.84. The minimum absolute atomic E-state index is 0. The minimum Gasteiger partial charge on any atom is -0.370 e. The molecule has 0 unspecified atom stereocenters. The van der Waals surface area contributed by atoms with Gasteiger partial charge >= 0.3 is 0 Å². The number of nitrogens with two attached hydrogens (primary N) is 1. The minimum atomic E-state index is 0. The Morgan fingerprint density at radius 3 is 2.73 bits per heavy atom. The predicted octanol–water partition coefficient (Wildman–Crippen LogP) is 4.40. The second kappa shape index (κ2) is 8.95. The standard InChI is InChI=1S/C16H19ClN4.HI/c1-11(2)13-4-3-5-14(8-13)21-16(18)20-10-12-6-7-15(17)19-9-12;/h3-9,11H,10H2,1-2H3,(H3,18,20,21);1H. The van der Waals surface area contributed by atoms with Gasteiger partial charge < -0.3 is 11.1 Å². The van der Waals surface area contributed by atoms with Crippen LogP contribution in [0.25, 0.3) is 0 Å². The summed E-state index contributed by atoms with van der Waals surface area (Å²) in [6, 6.07) is 11.8. The van der Waals surface area contributed by atoms with E-state index in [-0.39, 0.29) is 24.0 Å². The van der Waals surface area contributed by atoms with Crippen LogP contribution in [-0.4, -0.2) is 10.9 Å². The molecule has 4 nitrogen and oxygen atoms in total. The first-order valence-corrected chi connectivity index (χ1v) is 7.19. The fraction of sp³-hybridized carbons (Fsp3) is 0.250. The summed E-state index contributed by atoms with van der Waals surface area (Å²) in [5, 5.41) is 3.57. The molecule has 0 fully saturated rings. The van der Waals surface area contributed by atoms with Gasteiger partial charge in [-0.05, 0) is 35.2 Å². The number of benzene rings is 1. The molecule has 0 amide bonds. The Morgan fingerprint density at radius 2 is 2.09 bits per heavy atom. The first kappa shape index (κ1) is 18.7. The molecular formula is C16H20ClIN4. The van der Waals surface area contributed by atoms with Crippen molar-refractivity contribution >= 4 is 47.2 Å². The van der Waals surface area contributed by atoms with Crippen molar-refractivity contribution in [3.05, 3.63) is 58.9 Å². The molecule has 0 aliphatic heterocycles. The van der Waals surface area contributed by atoms with Gasteiger partial charge in [-0.25, -0.2) is 9.98 Å². The lowest BCUT2D eigenvalue weighted by Gasteiger charge is -2.10. The molecule has 0 saturated heterocycles. The molecular weight excluding hydrogens is 411 g/mol.